The average Bonchev–Trinajstić information content (AvgIpc) is 2.96. The van der Waals surface area contributed by atoms with Crippen molar-refractivity contribution in [3.8, 4) is 0 Å². The molecule has 4 nitrogen and oxygen atoms in total. The van der Waals surface area contributed by atoms with Gasteiger partial charge in [-0.3, -0.25) is 9.48 Å². The molecule has 0 unspecified atom stereocenters. The van der Waals surface area contributed by atoms with Crippen LogP contribution in [0.5, 0.6) is 0 Å². The highest BCUT2D eigenvalue weighted by Crippen LogP contribution is 2.14. The Kier molecular flexibility index (Phi) is 4.42. The summed E-state index contributed by atoms with van der Waals surface area (Å²) in [6, 6.07) is 12.1. The molecule has 1 amide bonds. The number of aryl methyl sites for hydroxylation is 2. The molecule has 122 valence electrons. The Balaban J connectivity index is 1.72. The van der Waals surface area contributed by atoms with Gasteiger partial charge in [0.2, 0.25) is 0 Å². The molecule has 1 aromatic heterocycles. The van der Waals surface area contributed by atoms with E-state index in [-0.39, 0.29) is 11.7 Å². The second-order valence-corrected chi connectivity index (χ2v) is 5.83. The molecule has 0 aliphatic carbocycles. The summed E-state index contributed by atoms with van der Waals surface area (Å²) >= 11 is 0. The van der Waals surface area contributed by atoms with Gasteiger partial charge in [-0.2, -0.15) is 5.10 Å². The fraction of sp³-hybridized carbons (Fsp3) is 0.158. The molecular weight excluding hydrogens is 305 g/mol. The van der Waals surface area contributed by atoms with Crippen molar-refractivity contribution in [1.29, 1.82) is 0 Å². The summed E-state index contributed by atoms with van der Waals surface area (Å²) in [4.78, 5) is 12.4. The SMILES string of the molecule is Cc1ccc(C)c(C(=O)Nc2cnn(Cc3cccc(F)c3)c2)c1. The number of aromatic nitrogens is 2. The van der Waals surface area contributed by atoms with Gasteiger partial charge in [-0.1, -0.05) is 29.8 Å². The molecule has 1 heterocycles. The first-order chi connectivity index (χ1) is 11.5. The molecule has 0 saturated carbocycles. The molecule has 3 aromatic rings. The van der Waals surface area contributed by atoms with Gasteiger partial charge in [0, 0.05) is 11.8 Å². The molecule has 1 N–H and O–H groups in total. The minimum atomic E-state index is -0.275. The van der Waals surface area contributed by atoms with Gasteiger partial charge in [-0.05, 0) is 43.2 Å². The maximum Gasteiger partial charge on any atom is 0.256 e. The van der Waals surface area contributed by atoms with Gasteiger partial charge in [0.25, 0.3) is 5.91 Å². The predicted octanol–water partition coefficient (Wildman–Crippen LogP) is 3.94. The summed E-state index contributed by atoms with van der Waals surface area (Å²) in [5, 5.41) is 7.05. The summed E-state index contributed by atoms with van der Waals surface area (Å²) in [6.45, 7) is 4.30. The van der Waals surface area contributed by atoms with E-state index in [1.54, 1.807) is 23.1 Å². The van der Waals surface area contributed by atoms with Gasteiger partial charge in [0.15, 0.2) is 0 Å². The number of nitrogens with zero attached hydrogens (tertiary/aromatic N) is 2. The lowest BCUT2D eigenvalue weighted by atomic mass is 10.1. The Morgan fingerprint density at radius 3 is 2.83 bits per heavy atom. The van der Waals surface area contributed by atoms with Gasteiger partial charge in [-0.25, -0.2) is 4.39 Å². The van der Waals surface area contributed by atoms with Crippen LogP contribution in [0.2, 0.25) is 0 Å². The van der Waals surface area contributed by atoms with Crippen LogP contribution in [-0.2, 0) is 6.54 Å². The van der Waals surface area contributed by atoms with Crippen molar-refractivity contribution in [1.82, 2.24) is 9.78 Å². The maximum atomic E-state index is 13.2. The van der Waals surface area contributed by atoms with Gasteiger partial charge in [0.05, 0.1) is 18.4 Å². The van der Waals surface area contributed by atoms with Crippen LogP contribution in [-0.4, -0.2) is 15.7 Å². The number of rotatable bonds is 4. The Morgan fingerprint density at radius 2 is 2.04 bits per heavy atom. The summed E-state index contributed by atoms with van der Waals surface area (Å²) in [7, 11) is 0. The zero-order valence-corrected chi connectivity index (χ0v) is 13.6. The van der Waals surface area contributed by atoms with Crippen LogP contribution in [0.15, 0.2) is 54.9 Å². The van der Waals surface area contributed by atoms with Gasteiger partial charge in [0.1, 0.15) is 5.82 Å². The number of hydrogen-bond donors (Lipinski definition) is 1. The monoisotopic (exact) mass is 323 g/mol. The Bertz CT molecular complexity index is 886. The van der Waals surface area contributed by atoms with Crippen LogP contribution in [0.3, 0.4) is 0 Å². The molecule has 24 heavy (non-hydrogen) atoms. The molecule has 0 atom stereocenters. The molecular formula is C19H18FN3O. The quantitative estimate of drug-likeness (QED) is 0.790. The van der Waals surface area contributed by atoms with Crippen LogP contribution < -0.4 is 5.32 Å². The molecule has 0 spiro atoms. The number of halogens is 1. The third-order valence-electron chi connectivity index (χ3n) is 3.76. The number of benzene rings is 2. The zero-order chi connectivity index (χ0) is 17.1. The van der Waals surface area contributed by atoms with E-state index < -0.39 is 0 Å². The number of hydrogen-bond acceptors (Lipinski definition) is 2. The molecule has 3 rings (SSSR count). The molecule has 0 radical (unpaired) electrons. The Morgan fingerprint density at radius 1 is 1.21 bits per heavy atom. The summed E-state index contributed by atoms with van der Waals surface area (Å²) in [5.74, 6) is -0.440. The van der Waals surface area contributed by atoms with Gasteiger partial charge < -0.3 is 5.32 Å². The van der Waals surface area contributed by atoms with Crippen molar-refractivity contribution in [2.24, 2.45) is 0 Å². The molecule has 0 aliphatic rings. The van der Waals surface area contributed by atoms with Crippen molar-refractivity contribution in [3.05, 3.63) is 82.9 Å². The highest BCUT2D eigenvalue weighted by Gasteiger charge is 2.11. The minimum absolute atomic E-state index is 0.165. The van der Waals surface area contributed by atoms with E-state index >= 15 is 0 Å². The number of anilines is 1. The number of carbonyl (C=O) groups is 1. The summed E-state index contributed by atoms with van der Waals surface area (Å²) in [5.41, 5.74) is 4.02. The highest BCUT2D eigenvalue weighted by atomic mass is 19.1. The van der Waals surface area contributed by atoms with E-state index in [0.717, 1.165) is 16.7 Å². The van der Waals surface area contributed by atoms with Crippen LogP contribution in [0.1, 0.15) is 27.0 Å². The lowest BCUT2D eigenvalue weighted by Crippen LogP contribution is -2.13. The smallest absolute Gasteiger partial charge is 0.256 e. The third-order valence-corrected chi connectivity index (χ3v) is 3.76. The first kappa shape index (κ1) is 15.9. The maximum absolute atomic E-state index is 13.2. The Hall–Kier alpha value is -2.95. The number of nitrogens with one attached hydrogen (secondary N) is 1. The van der Waals surface area contributed by atoms with Crippen LogP contribution in [0.25, 0.3) is 0 Å². The fourth-order valence-electron chi connectivity index (χ4n) is 2.52. The third kappa shape index (κ3) is 3.68. The first-order valence-electron chi connectivity index (χ1n) is 7.67. The normalized spacial score (nSPS) is 10.6. The number of amides is 1. The summed E-state index contributed by atoms with van der Waals surface area (Å²) < 4.78 is 14.9. The topological polar surface area (TPSA) is 46.9 Å². The van der Waals surface area contributed by atoms with Crippen molar-refractivity contribution in [2.45, 2.75) is 20.4 Å². The predicted molar refractivity (Wildman–Crippen MR) is 91.6 cm³/mol. The van der Waals surface area contributed by atoms with Gasteiger partial charge >= 0.3 is 0 Å². The summed E-state index contributed by atoms with van der Waals surface area (Å²) in [6.07, 6.45) is 3.32. The van der Waals surface area contributed by atoms with E-state index in [1.807, 2.05) is 38.1 Å². The van der Waals surface area contributed by atoms with E-state index in [2.05, 4.69) is 10.4 Å². The molecule has 0 fully saturated rings. The molecule has 0 bridgehead atoms. The second-order valence-electron chi connectivity index (χ2n) is 5.83. The zero-order valence-electron chi connectivity index (χ0n) is 13.6. The van der Waals surface area contributed by atoms with Crippen molar-refractivity contribution >= 4 is 11.6 Å². The van der Waals surface area contributed by atoms with E-state index in [9.17, 15) is 9.18 Å². The highest BCUT2D eigenvalue weighted by molar-refractivity contribution is 6.05. The van der Waals surface area contributed by atoms with Crippen LogP contribution in [0, 0.1) is 19.7 Å². The van der Waals surface area contributed by atoms with Crippen molar-refractivity contribution in [2.75, 3.05) is 5.32 Å². The Labute approximate surface area is 139 Å². The molecule has 5 heteroatoms. The molecule has 0 saturated heterocycles. The van der Waals surface area contributed by atoms with E-state index in [0.29, 0.717) is 17.8 Å². The van der Waals surface area contributed by atoms with Crippen LogP contribution in [0.4, 0.5) is 10.1 Å². The lowest BCUT2D eigenvalue weighted by molar-refractivity contribution is 0.102. The van der Waals surface area contributed by atoms with Crippen molar-refractivity contribution < 1.29 is 9.18 Å². The fourth-order valence-corrected chi connectivity index (χ4v) is 2.52. The van der Waals surface area contributed by atoms with E-state index in [4.69, 9.17) is 0 Å². The number of carbonyl (C=O) groups excluding carboxylic acids is 1. The molecule has 2 aromatic carbocycles. The van der Waals surface area contributed by atoms with Crippen molar-refractivity contribution in [3.63, 3.8) is 0 Å². The molecule has 0 aliphatic heterocycles. The second kappa shape index (κ2) is 6.66. The van der Waals surface area contributed by atoms with Crippen LogP contribution >= 0.6 is 0 Å². The van der Waals surface area contributed by atoms with Gasteiger partial charge in [-0.15, -0.1) is 0 Å². The largest absolute Gasteiger partial charge is 0.319 e. The van der Waals surface area contributed by atoms with E-state index in [1.165, 1.54) is 12.1 Å². The minimum Gasteiger partial charge on any atom is -0.319 e. The first-order valence-corrected chi connectivity index (χ1v) is 7.67. The lowest BCUT2D eigenvalue weighted by Gasteiger charge is -2.07. The average molecular weight is 323 g/mol. The standard InChI is InChI=1S/C19H18FN3O/c1-13-6-7-14(2)18(8-13)19(24)22-17-10-21-23(12-17)11-15-4-3-5-16(20)9-15/h3-10,12H,11H2,1-2H3,(H,22,24).